The van der Waals surface area contributed by atoms with Crippen molar-refractivity contribution in [3.63, 3.8) is 0 Å². The van der Waals surface area contributed by atoms with Gasteiger partial charge in [0.05, 0.1) is 7.11 Å². The van der Waals surface area contributed by atoms with Crippen LogP contribution in [0.1, 0.15) is 43.4 Å². The predicted octanol–water partition coefficient (Wildman–Crippen LogP) is 2.75. The Morgan fingerprint density at radius 1 is 1.25 bits per heavy atom. The Balaban J connectivity index is 1.74. The maximum Gasteiger partial charge on any atom is 0.213 e. The van der Waals surface area contributed by atoms with Crippen LogP contribution in [0.5, 0.6) is 5.88 Å². The maximum absolute atomic E-state index is 5.33. The van der Waals surface area contributed by atoms with E-state index in [-0.39, 0.29) is 0 Å². The van der Waals surface area contributed by atoms with E-state index in [1.165, 1.54) is 30.5 Å². The van der Waals surface area contributed by atoms with Crippen molar-refractivity contribution in [2.45, 2.75) is 44.6 Å². The van der Waals surface area contributed by atoms with Gasteiger partial charge in [-0.3, -0.25) is 0 Å². The van der Waals surface area contributed by atoms with E-state index in [2.05, 4.69) is 18.3 Å². The summed E-state index contributed by atoms with van der Waals surface area (Å²) >= 11 is 0. The predicted molar refractivity (Wildman–Crippen MR) is 79.0 cm³/mol. The molecule has 3 heteroatoms. The van der Waals surface area contributed by atoms with E-state index in [4.69, 9.17) is 9.72 Å². The van der Waals surface area contributed by atoms with Gasteiger partial charge in [-0.05, 0) is 54.9 Å². The van der Waals surface area contributed by atoms with Crippen LogP contribution in [0, 0.1) is 17.8 Å². The lowest BCUT2D eigenvalue weighted by Crippen LogP contribution is -2.50. The molecule has 20 heavy (non-hydrogen) atoms. The Morgan fingerprint density at radius 2 is 2.15 bits per heavy atom. The summed E-state index contributed by atoms with van der Waals surface area (Å²) in [5.41, 5.74) is 2.78. The standard InChI is InChI=1S/C17H24N2O/c1-10-5-11-8-16-13(3-4-17(19-16)20-2)12-7-14(11)15(6-10)18-9-12/h3-4,10-12,14-15,18H,5-9H2,1-2H3. The average molecular weight is 272 g/mol. The van der Waals surface area contributed by atoms with Gasteiger partial charge in [0.2, 0.25) is 5.88 Å². The number of hydrogen-bond acceptors (Lipinski definition) is 3. The molecule has 1 saturated heterocycles. The highest BCUT2D eigenvalue weighted by Gasteiger charge is 2.43. The molecule has 1 N–H and O–H groups in total. The van der Waals surface area contributed by atoms with Crippen molar-refractivity contribution in [2.24, 2.45) is 17.8 Å². The summed E-state index contributed by atoms with van der Waals surface area (Å²) in [6, 6.07) is 5.04. The molecule has 2 heterocycles. The minimum atomic E-state index is 0.656. The van der Waals surface area contributed by atoms with Crippen molar-refractivity contribution < 1.29 is 4.74 Å². The van der Waals surface area contributed by atoms with Gasteiger partial charge in [0.25, 0.3) is 0 Å². The molecule has 1 aliphatic heterocycles. The fourth-order valence-electron chi connectivity index (χ4n) is 4.88. The van der Waals surface area contributed by atoms with Crippen LogP contribution in [0.3, 0.4) is 0 Å². The third-order valence-electron chi connectivity index (χ3n) is 5.76. The third-order valence-corrected chi connectivity index (χ3v) is 5.76. The van der Waals surface area contributed by atoms with Crippen molar-refractivity contribution in [3.05, 3.63) is 23.4 Å². The smallest absolute Gasteiger partial charge is 0.213 e. The van der Waals surface area contributed by atoms with E-state index >= 15 is 0 Å². The molecule has 4 rings (SSSR count). The molecule has 0 amide bonds. The Morgan fingerprint density at radius 3 is 3.00 bits per heavy atom. The minimum absolute atomic E-state index is 0.656. The quantitative estimate of drug-likeness (QED) is 0.853. The third kappa shape index (κ3) is 1.95. The fraction of sp³-hybridized carbons (Fsp3) is 0.706. The molecule has 5 unspecified atom stereocenters. The first-order valence-electron chi connectivity index (χ1n) is 8.01. The van der Waals surface area contributed by atoms with E-state index in [1.807, 2.05) is 6.07 Å². The Labute approximate surface area is 121 Å². The largest absolute Gasteiger partial charge is 0.481 e. The number of pyridine rings is 1. The number of aromatic nitrogens is 1. The van der Waals surface area contributed by atoms with E-state index in [0.717, 1.165) is 42.6 Å². The molecule has 5 atom stereocenters. The molecule has 0 aromatic carbocycles. The zero-order valence-electron chi connectivity index (χ0n) is 12.4. The van der Waals surface area contributed by atoms with Gasteiger partial charge in [-0.1, -0.05) is 13.0 Å². The van der Waals surface area contributed by atoms with E-state index in [1.54, 1.807) is 7.11 Å². The summed E-state index contributed by atoms with van der Waals surface area (Å²) in [4.78, 5) is 4.77. The molecule has 108 valence electrons. The molecule has 2 bridgehead atoms. The lowest BCUT2D eigenvalue weighted by molar-refractivity contribution is 0.102. The number of rotatable bonds is 1. The second kappa shape index (κ2) is 4.73. The Bertz CT molecular complexity index is 516. The number of hydrogen-bond donors (Lipinski definition) is 1. The average Bonchev–Trinajstić information content (AvgIpc) is 2.59. The van der Waals surface area contributed by atoms with Gasteiger partial charge in [-0.15, -0.1) is 0 Å². The minimum Gasteiger partial charge on any atom is -0.481 e. The molecule has 2 fully saturated rings. The topological polar surface area (TPSA) is 34.1 Å². The number of ether oxygens (including phenoxy) is 1. The van der Waals surface area contributed by atoms with Crippen LogP contribution in [0.4, 0.5) is 0 Å². The molecule has 3 aliphatic rings. The Kier molecular flexibility index (Phi) is 2.99. The van der Waals surface area contributed by atoms with E-state index < -0.39 is 0 Å². The van der Waals surface area contributed by atoms with Gasteiger partial charge < -0.3 is 10.1 Å². The van der Waals surface area contributed by atoms with Crippen molar-refractivity contribution in [3.8, 4) is 5.88 Å². The zero-order chi connectivity index (χ0) is 13.7. The van der Waals surface area contributed by atoms with Gasteiger partial charge in [-0.25, -0.2) is 4.98 Å². The molecular formula is C17H24N2O. The summed E-state index contributed by atoms with van der Waals surface area (Å²) in [5.74, 6) is 3.93. The summed E-state index contributed by atoms with van der Waals surface area (Å²) in [5, 5.41) is 3.83. The first kappa shape index (κ1) is 12.6. The number of nitrogens with one attached hydrogen (secondary N) is 1. The molecular weight excluding hydrogens is 248 g/mol. The van der Waals surface area contributed by atoms with Gasteiger partial charge in [0.15, 0.2) is 0 Å². The van der Waals surface area contributed by atoms with E-state index in [9.17, 15) is 0 Å². The van der Waals surface area contributed by atoms with Crippen LogP contribution < -0.4 is 10.1 Å². The Hall–Kier alpha value is -1.09. The number of nitrogens with zero attached hydrogens (tertiary/aromatic N) is 1. The maximum atomic E-state index is 5.33. The summed E-state index contributed by atoms with van der Waals surface area (Å²) in [7, 11) is 1.71. The molecule has 1 aromatic heterocycles. The van der Waals surface area contributed by atoms with Crippen molar-refractivity contribution in [1.29, 1.82) is 0 Å². The molecule has 0 spiro atoms. The van der Waals surface area contributed by atoms with Gasteiger partial charge in [-0.2, -0.15) is 0 Å². The van der Waals surface area contributed by atoms with Crippen LogP contribution in [0.15, 0.2) is 12.1 Å². The molecule has 1 saturated carbocycles. The molecule has 0 radical (unpaired) electrons. The van der Waals surface area contributed by atoms with Crippen LogP contribution in [-0.4, -0.2) is 24.7 Å². The summed E-state index contributed by atoms with van der Waals surface area (Å²) in [6.45, 7) is 3.54. The number of piperidine rings is 1. The van der Waals surface area contributed by atoms with Gasteiger partial charge in [0.1, 0.15) is 0 Å². The first-order valence-corrected chi connectivity index (χ1v) is 8.01. The number of methoxy groups -OCH3 is 1. The highest BCUT2D eigenvalue weighted by atomic mass is 16.5. The lowest BCUT2D eigenvalue weighted by atomic mass is 9.67. The second-order valence-electron chi connectivity index (χ2n) is 7.04. The van der Waals surface area contributed by atoms with E-state index in [0.29, 0.717) is 5.92 Å². The van der Waals surface area contributed by atoms with Gasteiger partial charge >= 0.3 is 0 Å². The van der Waals surface area contributed by atoms with Crippen LogP contribution in [-0.2, 0) is 6.42 Å². The molecule has 1 aromatic rings. The van der Waals surface area contributed by atoms with Crippen molar-refractivity contribution in [2.75, 3.05) is 13.7 Å². The highest BCUT2D eigenvalue weighted by molar-refractivity contribution is 5.32. The van der Waals surface area contributed by atoms with Crippen molar-refractivity contribution >= 4 is 0 Å². The fourth-order valence-corrected chi connectivity index (χ4v) is 4.88. The SMILES string of the molecule is COc1ccc2c(n1)CC1CC(C)CC3NCC2CC13. The normalized spacial score (nSPS) is 38.8. The van der Waals surface area contributed by atoms with Crippen LogP contribution in [0.2, 0.25) is 0 Å². The summed E-state index contributed by atoms with van der Waals surface area (Å²) in [6.07, 6.45) is 5.24. The number of fused-ring (bicyclic) bond motifs is 3. The van der Waals surface area contributed by atoms with Gasteiger partial charge in [0, 0.05) is 24.3 Å². The van der Waals surface area contributed by atoms with Crippen LogP contribution in [0.25, 0.3) is 0 Å². The van der Waals surface area contributed by atoms with Crippen LogP contribution >= 0.6 is 0 Å². The lowest BCUT2D eigenvalue weighted by Gasteiger charge is -2.45. The molecule has 3 nitrogen and oxygen atoms in total. The monoisotopic (exact) mass is 272 g/mol. The molecule has 2 aliphatic carbocycles. The second-order valence-corrected chi connectivity index (χ2v) is 7.04. The summed E-state index contributed by atoms with van der Waals surface area (Å²) < 4.78 is 5.33. The highest BCUT2D eigenvalue weighted by Crippen LogP contribution is 2.46. The zero-order valence-corrected chi connectivity index (χ0v) is 12.4. The van der Waals surface area contributed by atoms with Crippen molar-refractivity contribution in [1.82, 2.24) is 10.3 Å². The first-order chi connectivity index (χ1) is 9.74.